The van der Waals surface area contributed by atoms with E-state index in [1.165, 1.54) is 12.1 Å². The van der Waals surface area contributed by atoms with Crippen LogP contribution in [0.25, 0.3) is 10.2 Å². The quantitative estimate of drug-likeness (QED) is 0.787. The first kappa shape index (κ1) is 17.6. The summed E-state index contributed by atoms with van der Waals surface area (Å²) in [4.78, 5) is 28.2. The zero-order valence-corrected chi connectivity index (χ0v) is 14.9. The second kappa shape index (κ2) is 6.57. The molecule has 0 saturated heterocycles. The van der Waals surface area contributed by atoms with E-state index >= 15 is 0 Å². The fraction of sp³-hybridized carbons (Fsp3) is 0.312. The normalized spacial score (nSPS) is 20.5. The number of hydrogen-bond donors (Lipinski definition) is 2. The Bertz CT molecular complexity index is 978. The molecule has 0 bridgehead atoms. The summed E-state index contributed by atoms with van der Waals surface area (Å²) in [6.45, 7) is 0. The molecule has 0 saturated carbocycles. The molecular formula is C16H16N2O5S2. The van der Waals surface area contributed by atoms with E-state index in [-0.39, 0.29) is 10.8 Å². The lowest BCUT2D eigenvalue weighted by Gasteiger charge is -2.23. The van der Waals surface area contributed by atoms with Crippen molar-refractivity contribution in [2.45, 2.75) is 17.7 Å². The number of anilines is 1. The van der Waals surface area contributed by atoms with Crippen LogP contribution in [0.1, 0.15) is 12.8 Å². The number of fused-ring (bicyclic) bond motifs is 1. The third-order valence-electron chi connectivity index (χ3n) is 4.10. The maximum absolute atomic E-state index is 12.4. The number of thiazole rings is 1. The molecule has 0 unspecified atom stereocenters. The predicted molar refractivity (Wildman–Crippen MR) is 94.3 cm³/mol. The van der Waals surface area contributed by atoms with Crippen LogP contribution in [0.5, 0.6) is 0 Å². The van der Waals surface area contributed by atoms with Crippen molar-refractivity contribution in [1.82, 2.24) is 4.98 Å². The standard InChI is InChI=1S/C16H16N2O5S2/c1-25(22,23)9-6-7-12-13(8-9)24-16(17-12)18-14(19)10-4-2-3-5-11(10)15(20)21/h2-3,6-8,10-11H,4-5H2,1H3,(H,20,21)(H,17,18,19)/t10-,11-/m0/s1. The first-order valence-electron chi connectivity index (χ1n) is 7.55. The van der Waals surface area contributed by atoms with Crippen LogP contribution >= 0.6 is 11.3 Å². The Balaban J connectivity index is 1.84. The van der Waals surface area contributed by atoms with Gasteiger partial charge in [-0.25, -0.2) is 13.4 Å². The highest BCUT2D eigenvalue weighted by atomic mass is 32.2. The first-order chi connectivity index (χ1) is 11.8. The molecule has 0 aliphatic heterocycles. The van der Waals surface area contributed by atoms with Gasteiger partial charge in [0.05, 0.1) is 26.9 Å². The summed E-state index contributed by atoms with van der Waals surface area (Å²) in [7, 11) is -3.32. The van der Waals surface area contributed by atoms with Crippen molar-refractivity contribution in [2.24, 2.45) is 11.8 Å². The molecule has 0 spiro atoms. The van der Waals surface area contributed by atoms with Gasteiger partial charge in [-0.1, -0.05) is 23.5 Å². The third kappa shape index (κ3) is 3.72. The zero-order valence-electron chi connectivity index (χ0n) is 13.3. The molecule has 1 amide bonds. The molecule has 1 heterocycles. The SMILES string of the molecule is CS(=O)(=O)c1ccc2nc(NC(=O)[C@H]3CC=CC[C@@H]3C(=O)O)sc2c1. The van der Waals surface area contributed by atoms with Crippen LogP contribution in [0.4, 0.5) is 5.13 Å². The molecule has 1 aliphatic carbocycles. The first-order valence-corrected chi connectivity index (χ1v) is 10.3. The highest BCUT2D eigenvalue weighted by molar-refractivity contribution is 7.90. The van der Waals surface area contributed by atoms with Crippen molar-refractivity contribution < 1.29 is 23.1 Å². The number of aliphatic carboxylic acids is 1. The van der Waals surface area contributed by atoms with E-state index in [0.29, 0.717) is 28.2 Å². The maximum Gasteiger partial charge on any atom is 0.307 e. The monoisotopic (exact) mass is 380 g/mol. The molecule has 2 N–H and O–H groups in total. The van der Waals surface area contributed by atoms with E-state index in [2.05, 4.69) is 10.3 Å². The lowest BCUT2D eigenvalue weighted by molar-refractivity contribution is -0.146. The number of allylic oxidation sites excluding steroid dienone is 2. The molecule has 9 heteroatoms. The highest BCUT2D eigenvalue weighted by Crippen LogP contribution is 2.31. The smallest absolute Gasteiger partial charge is 0.307 e. The van der Waals surface area contributed by atoms with E-state index in [1.807, 2.05) is 0 Å². The number of benzene rings is 1. The number of nitrogens with one attached hydrogen (secondary N) is 1. The van der Waals surface area contributed by atoms with Gasteiger partial charge in [-0.2, -0.15) is 0 Å². The molecule has 1 aromatic carbocycles. The summed E-state index contributed by atoms with van der Waals surface area (Å²) >= 11 is 1.16. The zero-order chi connectivity index (χ0) is 18.2. The third-order valence-corrected chi connectivity index (χ3v) is 6.15. The van der Waals surface area contributed by atoms with Crippen LogP contribution < -0.4 is 5.32 Å². The Labute approximate surface area is 148 Å². The summed E-state index contributed by atoms with van der Waals surface area (Å²) in [6.07, 6.45) is 5.39. The molecule has 1 aliphatic rings. The van der Waals surface area contributed by atoms with Gasteiger partial charge in [0.2, 0.25) is 5.91 Å². The van der Waals surface area contributed by atoms with Gasteiger partial charge in [0, 0.05) is 6.26 Å². The van der Waals surface area contributed by atoms with E-state index in [1.54, 1.807) is 18.2 Å². The number of sulfone groups is 1. The molecule has 2 atom stereocenters. The molecule has 1 aromatic heterocycles. The Morgan fingerprint density at radius 3 is 2.56 bits per heavy atom. The van der Waals surface area contributed by atoms with E-state index < -0.39 is 27.6 Å². The fourth-order valence-corrected chi connectivity index (χ4v) is 4.39. The van der Waals surface area contributed by atoms with Crippen LogP contribution in [-0.4, -0.2) is 36.6 Å². The lowest BCUT2D eigenvalue weighted by Crippen LogP contribution is -2.34. The number of carboxylic acid groups (broad SMARTS) is 1. The minimum absolute atomic E-state index is 0.185. The summed E-state index contributed by atoms with van der Waals surface area (Å²) in [5.74, 6) is -2.79. The predicted octanol–water partition coefficient (Wildman–Crippen LogP) is 2.31. The Morgan fingerprint density at radius 1 is 1.24 bits per heavy atom. The van der Waals surface area contributed by atoms with Crippen molar-refractivity contribution in [2.75, 3.05) is 11.6 Å². The molecule has 0 radical (unpaired) electrons. The lowest BCUT2D eigenvalue weighted by atomic mass is 9.82. The van der Waals surface area contributed by atoms with Crippen molar-refractivity contribution in [3.63, 3.8) is 0 Å². The van der Waals surface area contributed by atoms with Gasteiger partial charge in [0.15, 0.2) is 15.0 Å². The average molecular weight is 380 g/mol. The molecule has 7 nitrogen and oxygen atoms in total. The minimum Gasteiger partial charge on any atom is -0.481 e. The Hall–Kier alpha value is -2.26. The van der Waals surface area contributed by atoms with Crippen LogP contribution in [-0.2, 0) is 19.4 Å². The summed E-state index contributed by atoms with van der Waals surface area (Å²) in [5, 5.41) is 12.3. The van der Waals surface area contributed by atoms with Gasteiger partial charge in [0.1, 0.15) is 0 Å². The number of aromatic nitrogens is 1. The number of carboxylic acids is 1. The van der Waals surface area contributed by atoms with Gasteiger partial charge >= 0.3 is 5.97 Å². The molecule has 3 rings (SSSR count). The van der Waals surface area contributed by atoms with E-state index in [9.17, 15) is 23.1 Å². The largest absolute Gasteiger partial charge is 0.481 e. The number of nitrogens with zero attached hydrogens (tertiary/aromatic N) is 1. The van der Waals surface area contributed by atoms with Gasteiger partial charge in [-0.05, 0) is 31.0 Å². The van der Waals surface area contributed by atoms with Crippen molar-refractivity contribution in [1.29, 1.82) is 0 Å². The fourth-order valence-electron chi connectivity index (χ4n) is 2.76. The molecular weight excluding hydrogens is 364 g/mol. The van der Waals surface area contributed by atoms with Crippen LogP contribution in [0, 0.1) is 11.8 Å². The summed E-state index contributed by atoms with van der Waals surface area (Å²) in [5.41, 5.74) is 0.575. The van der Waals surface area contributed by atoms with Gasteiger partial charge in [-0.3, -0.25) is 9.59 Å². The number of carbonyl (C=O) groups is 2. The van der Waals surface area contributed by atoms with Crippen molar-refractivity contribution in [3.8, 4) is 0 Å². The molecule has 132 valence electrons. The summed E-state index contributed by atoms with van der Waals surface area (Å²) < 4.78 is 23.9. The summed E-state index contributed by atoms with van der Waals surface area (Å²) in [6, 6.07) is 4.57. The number of rotatable bonds is 4. The van der Waals surface area contributed by atoms with E-state index in [0.717, 1.165) is 17.6 Å². The van der Waals surface area contributed by atoms with Crippen LogP contribution in [0.3, 0.4) is 0 Å². The van der Waals surface area contributed by atoms with E-state index in [4.69, 9.17) is 0 Å². The van der Waals surface area contributed by atoms with Gasteiger partial charge in [-0.15, -0.1) is 0 Å². The van der Waals surface area contributed by atoms with Gasteiger partial charge < -0.3 is 10.4 Å². The van der Waals surface area contributed by atoms with Crippen LogP contribution in [0.2, 0.25) is 0 Å². The van der Waals surface area contributed by atoms with Crippen molar-refractivity contribution in [3.05, 3.63) is 30.4 Å². The second-order valence-electron chi connectivity index (χ2n) is 5.90. The highest BCUT2D eigenvalue weighted by Gasteiger charge is 2.34. The molecule has 25 heavy (non-hydrogen) atoms. The van der Waals surface area contributed by atoms with Crippen LogP contribution in [0.15, 0.2) is 35.2 Å². The number of hydrogen-bond acceptors (Lipinski definition) is 6. The molecule has 0 fully saturated rings. The topological polar surface area (TPSA) is 113 Å². The number of amides is 1. The Morgan fingerprint density at radius 2 is 1.92 bits per heavy atom. The second-order valence-corrected chi connectivity index (χ2v) is 8.95. The molecule has 2 aromatic rings. The van der Waals surface area contributed by atoms with Gasteiger partial charge in [0.25, 0.3) is 0 Å². The average Bonchev–Trinajstić information content (AvgIpc) is 2.95. The Kier molecular flexibility index (Phi) is 4.61. The number of carbonyl (C=O) groups excluding carboxylic acids is 1. The maximum atomic E-state index is 12.4. The van der Waals surface area contributed by atoms with Crippen molar-refractivity contribution >= 4 is 48.4 Å². The minimum atomic E-state index is -3.32.